The fourth-order valence-corrected chi connectivity index (χ4v) is 1.92. The lowest BCUT2D eigenvalue weighted by atomic mass is 10.2. The highest BCUT2D eigenvalue weighted by atomic mass is 16.6. The Hall–Kier alpha value is -2.12. The molecule has 1 rings (SSSR count). The third-order valence-corrected chi connectivity index (χ3v) is 2.97. The summed E-state index contributed by atoms with van der Waals surface area (Å²) in [5.41, 5.74) is 0.426. The van der Waals surface area contributed by atoms with Gasteiger partial charge in [-0.1, -0.05) is 30.3 Å². The number of ether oxygens (including phenoxy) is 3. The predicted molar refractivity (Wildman–Crippen MR) is 92.4 cm³/mol. The van der Waals surface area contributed by atoms with Crippen molar-refractivity contribution in [1.29, 1.82) is 0 Å². The van der Waals surface area contributed by atoms with Gasteiger partial charge in [-0.05, 0) is 26.3 Å². The van der Waals surface area contributed by atoms with Crippen LogP contribution in [0.1, 0.15) is 26.3 Å². The molecule has 0 atom stereocenters. The highest BCUT2D eigenvalue weighted by Crippen LogP contribution is 2.12. The Kier molecular flexibility index (Phi) is 8.94. The van der Waals surface area contributed by atoms with Gasteiger partial charge in [0.25, 0.3) is 0 Å². The van der Waals surface area contributed by atoms with Crippen molar-refractivity contribution < 1.29 is 28.9 Å². The Bertz CT molecular complexity index is 526. The van der Waals surface area contributed by atoms with Gasteiger partial charge in [0, 0.05) is 13.1 Å². The van der Waals surface area contributed by atoms with Crippen LogP contribution in [-0.4, -0.2) is 60.6 Å². The van der Waals surface area contributed by atoms with Crippen LogP contribution in [0, 0.1) is 0 Å². The van der Waals surface area contributed by atoms with Crippen molar-refractivity contribution in [2.24, 2.45) is 0 Å². The molecule has 0 aliphatic heterocycles. The van der Waals surface area contributed by atoms with Crippen LogP contribution in [0.2, 0.25) is 0 Å². The SMILES string of the molecule is CC(C)(C)OC(=O)N(CCOCCOCC(=O)O)Cc1ccccc1. The molecule has 0 aliphatic carbocycles. The van der Waals surface area contributed by atoms with E-state index in [9.17, 15) is 9.59 Å². The Morgan fingerprint density at radius 2 is 1.68 bits per heavy atom. The van der Waals surface area contributed by atoms with E-state index in [4.69, 9.17) is 19.3 Å². The summed E-state index contributed by atoms with van der Waals surface area (Å²) in [6.45, 7) is 6.67. The standard InChI is InChI=1S/C18H27NO6/c1-18(2,3)25-17(22)19(13-15-7-5-4-6-8-15)9-10-23-11-12-24-14-16(20)21/h4-8H,9-14H2,1-3H3,(H,20,21). The quantitative estimate of drug-likeness (QED) is 0.651. The third kappa shape index (κ3) is 10.4. The minimum absolute atomic E-state index is 0.192. The Morgan fingerprint density at radius 3 is 2.28 bits per heavy atom. The largest absolute Gasteiger partial charge is 0.480 e. The van der Waals surface area contributed by atoms with Crippen molar-refractivity contribution in [3.8, 4) is 0 Å². The minimum atomic E-state index is -1.01. The number of carboxylic acids is 1. The number of amides is 1. The van der Waals surface area contributed by atoms with Crippen LogP contribution in [0.3, 0.4) is 0 Å². The Morgan fingerprint density at radius 1 is 1.04 bits per heavy atom. The van der Waals surface area contributed by atoms with Gasteiger partial charge in [-0.15, -0.1) is 0 Å². The summed E-state index contributed by atoms with van der Waals surface area (Å²) < 4.78 is 15.7. The van der Waals surface area contributed by atoms with E-state index in [0.717, 1.165) is 5.56 Å². The molecule has 7 nitrogen and oxygen atoms in total. The van der Waals surface area contributed by atoms with Crippen molar-refractivity contribution in [3.63, 3.8) is 0 Å². The first-order valence-electron chi connectivity index (χ1n) is 8.17. The van der Waals surface area contributed by atoms with Gasteiger partial charge in [-0.25, -0.2) is 9.59 Å². The van der Waals surface area contributed by atoms with Gasteiger partial charge in [-0.2, -0.15) is 0 Å². The molecule has 0 saturated carbocycles. The lowest BCUT2D eigenvalue weighted by Gasteiger charge is -2.27. The smallest absolute Gasteiger partial charge is 0.410 e. The minimum Gasteiger partial charge on any atom is -0.480 e. The molecule has 25 heavy (non-hydrogen) atoms. The van der Waals surface area contributed by atoms with Gasteiger partial charge in [-0.3, -0.25) is 0 Å². The summed E-state index contributed by atoms with van der Waals surface area (Å²) in [4.78, 5) is 24.3. The molecule has 1 aromatic carbocycles. The zero-order chi connectivity index (χ0) is 18.7. The average Bonchev–Trinajstić information content (AvgIpc) is 2.51. The zero-order valence-electron chi connectivity index (χ0n) is 15.1. The van der Waals surface area contributed by atoms with Crippen LogP contribution < -0.4 is 0 Å². The maximum Gasteiger partial charge on any atom is 0.410 e. The van der Waals surface area contributed by atoms with E-state index < -0.39 is 17.7 Å². The Balaban J connectivity index is 2.45. The number of hydrogen-bond acceptors (Lipinski definition) is 5. The van der Waals surface area contributed by atoms with E-state index in [0.29, 0.717) is 19.7 Å². The molecule has 0 bridgehead atoms. The van der Waals surface area contributed by atoms with E-state index in [-0.39, 0.29) is 19.8 Å². The lowest BCUT2D eigenvalue weighted by Crippen LogP contribution is -2.38. The van der Waals surface area contributed by atoms with Crippen LogP contribution >= 0.6 is 0 Å². The monoisotopic (exact) mass is 353 g/mol. The third-order valence-electron chi connectivity index (χ3n) is 2.97. The second-order valence-corrected chi connectivity index (χ2v) is 6.45. The molecule has 0 aromatic heterocycles. The molecule has 0 heterocycles. The van der Waals surface area contributed by atoms with Crippen LogP contribution in [-0.2, 0) is 25.5 Å². The molecule has 0 radical (unpaired) electrons. The number of carbonyl (C=O) groups is 2. The van der Waals surface area contributed by atoms with Crippen molar-refractivity contribution in [2.45, 2.75) is 32.9 Å². The summed E-state index contributed by atoms with van der Waals surface area (Å²) in [7, 11) is 0. The van der Waals surface area contributed by atoms with Crippen LogP contribution in [0.15, 0.2) is 30.3 Å². The van der Waals surface area contributed by atoms with Crippen molar-refractivity contribution in [2.75, 3.05) is 33.0 Å². The first kappa shape index (κ1) is 20.9. The second kappa shape index (κ2) is 10.7. The van der Waals surface area contributed by atoms with Crippen LogP contribution in [0.25, 0.3) is 0 Å². The first-order chi connectivity index (χ1) is 11.8. The van der Waals surface area contributed by atoms with Crippen LogP contribution in [0.5, 0.6) is 0 Å². The van der Waals surface area contributed by atoms with Crippen LogP contribution in [0.4, 0.5) is 4.79 Å². The van der Waals surface area contributed by atoms with Gasteiger partial charge in [0.05, 0.1) is 19.8 Å². The van der Waals surface area contributed by atoms with Gasteiger partial charge in [0.2, 0.25) is 0 Å². The summed E-state index contributed by atoms with van der Waals surface area (Å²) in [6, 6.07) is 9.63. The van der Waals surface area contributed by atoms with Gasteiger partial charge in [0.15, 0.2) is 0 Å². The normalized spacial score (nSPS) is 11.2. The van der Waals surface area contributed by atoms with Crippen molar-refractivity contribution >= 4 is 12.1 Å². The van der Waals surface area contributed by atoms with E-state index >= 15 is 0 Å². The second-order valence-electron chi connectivity index (χ2n) is 6.45. The number of nitrogens with zero attached hydrogens (tertiary/aromatic N) is 1. The summed E-state index contributed by atoms with van der Waals surface area (Å²) in [5.74, 6) is -1.01. The first-order valence-corrected chi connectivity index (χ1v) is 8.17. The van der Waals surface area contributed by atoms with Gasteiger partial charge in [0.1, 0.15) is 12.2 Å². The molecule has 0 spiro atoms. The number of hydrogen-bond donors (Lipinski definition) is 1. The predicted octanol–water partition coefficient (Wildman–Crippen LogP) is 2.54. The molecule has 140 valence electrons. The van der Waals surface area contributed by atoms with Crippen molar-refractivity contribution in [3.05, 3.63) is 35.9 Å². The maximum atomic E-state index is 12.4. The van der Waals surface area contributed by atoms with Crippen molar-refractivity contribution in [1.82, 2.24) is 4.90 Å². The van der Waals surface area contributed by atoms with E-state index in [1.807, 2.05) is 51.1 Å². The fraction of sp³-hybridized carbons (Fsp3) is 0.556. The topological polar surface area (TPSA) is 85.3 Å². The number of aliphatic carboxylic acids is 1. The summed E-state index contributed by atoms with van der Waals surface area (Å²) >= 11 is 0. The number of rotatable bonds is 10. The maximum absolute atomic E-state index is 12.4. The molecule has 0 saturated heterocycles. The highest BCUT2D eigenvalue weighted by molar-refractivity contribution is 5.68. The summed E-state index contributed by atoms with van der Waals surface area (Å²) in [5, 5.41) is 8.46. The highest BCUT2D eigenvalue weighted by Gasteiger charge is 2.22. The molecule has 0 aliphatic rings. The number of carbonyl (C=O) groups excluding carboxylic acids is 1. The molecular formula is C18H27NO6. The summed E-state index contributed by atoms with van der Waals surface area (Å²) in [6.07, 6.45) is -0.401. The molecular weight excluding hydrogens is 326 g/mol. The van der Waals surface area contributed by atoms with E-state index in [1.54, 1.807) is 4.90 Å². The van der Waals surface area contributed by atoms with E-state index in [1.165, 1.54) is 0 Å². The molecule has 1 N–H and O–H groups in total. The fourth-order valence-electron chi connectivity index (χ4n) is 1.92. The zero-order valence-corrected chi connectivity index (χ0v) is 15.1. The molecule has 7 heteroatoms. The average molecular weight is 353 g/mol. The molecule has 0 unspecified atom stereocenters. The van der Waals surface area contributed by atoms with Gasteiger partial charge >= 0.3 is 12.1 Å². The molecule has 1 aromatic rings. The number of benzene rings is 1. The number of carboxylic acid groups (broad SMARTS) is 1. The lowest BCUT2D eigenvalue weighted by molar-refractivity contribution is -0.142. The molecule has 0 fully saturated rings. The van der Waals surface area contributed by atoms with E-state index in [2.05, 4.69) is 0 Å². The molecule has 1 amide bonds. The van der Waals surface area contributed by atoms with Gasteiger partial charge < -0.3 is 24.2 Å². The Labute approximate surface area is 148 Å².